The lowest BCUT2D eigenvalue weighted by atomic mass is 9.86. The molecule has 0 aromatic heterocycles. The fraction of sp³-hybridized carbons (Fsp3) is 0.462. The third-order valence-corrected chi connectivity index (χ3v) is 5.81. The molecule has 0 fully saturated rings. The zero-order valence-electron chi connectivity index (χ0n) is 10.8. The van der Waals surface area contributed by atoms with Crippen molar-refractivity contribution in [1.82, 2.24) is 0 Å². The molecular formula is C13H16O5S. The Labute approximate surface area is 111 Å². The van der Waals surface area contributed by atoms with E-state index in [2.05, 4.69) is 0 Å². The Bertz CT molecular complexity index is 630. The molecule has 19 heavy (non-hydrogen) atoms. The van der Waals surface area contributed by atoms with Crippen LogP contribution in [0, 0.1) is 5.41 Å². The monoisotopic (exact) mass is 284 g/mol. The first-order valence-electron chi connectivity index (χ1n) is 5.94. The maximum Gasteiger partial charge on any atom is 0.309 e. The van der Waals surface area contributed by atoms with E-state index in [0.29, 0.717) is 5.56 Å². The highest BCUT2D eigenvalue weighted by molar-refractivity contribution is 7.92. The van der Waals surface area contributed by atoms with Gasteiger partial charge in [0.15, 0.2) is 9.84 Å². The molecule has 1 heterocycles. The van der Waals surface area contributed by atoms with Crippen LogP contribution in [0.2, 0.25) is 0 Å². The van der Waals surface area contributed by atoms with Gasteiger partial charge in [-0.2, -0.15) is 0 Å². The van der Waals surface area contributed by atoms with Gasteiger partial charge < -0.3 is 10.2 Å². The van der Waals surface area contributed by atoms with Gasteiger partial charge in [-0.05, 0) is 38.8 Å². The largest absolute Gasteiger partial charge is 0.508 e. The summed E-state index contributed by atoms with van der Waals surface area (Å²) in [5, 5.41) is 18.0. The van der Waals surface area contributed by atoms with Gasteiger partial charge in [-0.3, -0.25) is 4.79 Å². The smallest absolute Gasteiger partial charge is 0.309 e. The highest BCUT2D eigenvalue weighted by Gasteiger charge is 2.43. The second-order valence-electron chi connectivity index (χ2n) is 5.52. The van der Waals surface area contributed by atoms with Crippen molar-refractivity contribution in [3.05, 3.63) is 23.8 Å². The minimum Gasteiger partial charge on any atom is -0.508 e. The van der Waals surface area contributed by atoms with Gasteiger partial charge in [-0.25, -0.2) is 8.42 Å². The van der Waals surface area contributed by atoms with Crippen molar-refractivity contribution in [3.63, 3.8) is 0 Å². The maximum atomic E-state index is 12.3. The molecule has 0 saturated carbocycles. The molecule has 0 bridgehead atoms. The van der Waals surface area contributed by atoms with Crippen LogP contribution < -0.4 is 0 Å². The first kappa shape index (κ1) is 13.9. The van der Waals surface area contributed by atoms with Crippen LogP contribution in [0.3, 0.4) is 0 Å². The average molecular weight is 284 g/mol. The van der Waals surface area contributed by atoms with Crippen LogP contribution in [-0.2, 0) is 21.1 Å². The lowest BCUT2D eigenvalue weighted by molar-refractivity contribution is -0.147. The van der Waals surface area contributed by atoms with E-state index in [9.17, 15) is 18.3 Å². The molecular weight excluding hydrogens is 268 g/mol. The lowest BCUT2D eigenvalue weighted by Gasteiger charge is -2.22. The molecule has 0 saturated heterocycles. The third kappa shape index (κ3) is 2.20. The van der Waals surface area contributed by atoms with Crippen molar-refractivity contribution in [2.75, 3.05) is 0 Å². The number of fused-ring (bicyclic) bond motifs is 1. The molecule has 2 rings (SSSR count). The van der Waals surface area contributed by atoms with Gasteiger partial charge in [0, 0.05) is 5.56 Å². The number of phenols is 1. The standard InChI is InChI=1S/C13H16O5S/c1-13(2,12(15)16)7-8-6-9-10(14)4-3-5-11(9)19(8,17)18/h3-5,8,14H,6-7H2,1-2H3,(H,15,16). The van der Waals surface area contributed by atoms with Crippen molar-refractivity contribution in [3.8, 4) is 5.75 Å². The summed E-state index contributed by atoms with van der Waals surface area (Å²) < 4.78 is 24.7. The Morgan fingerprint density at radius 2 is 2.05 bits per heavy atom. The Morgan fingerprint density at radius 3 is 2.58 bits per heavy atom. The molecule has 1 aromatic carbocycles. The van der Waals surface area contributed by atoms with Gasteiger partial charge in [-0.1, -0.05) is 6.07 Å². The second-order valence-corrected chi connectivity index (χ2v) is 7.71. The van der Waals surface area contributed by atoms with Crippen LogP contribution >= 0.6 is 0 Å². The number of aliphatic carboxylic acids is 1. The second kappa shape index (κ2) is 4.23. The van der Waals surface area contributed by atoms with E-state index < -0.39 is 26.5 Å². The average Bonchev–Trinajstić information content (AvgIpc) is 2.53. The minimum absolute atomic E-state index is 0.0266. The van der Waals surface area contributed by atoms with Gasteiger partial charge >= 0.3 is 5.97 Å². The third-order valence-electron chi connectivity index (χ3n) is 3.60. The van der Waals surface area contributed by atoms with E-state index in [1.165, 1.54) is 32.0 Å². The Morgan fingerprint density at radius 1 is 1.42 bits per heavy atom. The predicted molar refractivity (Wildman–Crippen MR) is 68.8 cm³/mol. The fourth-order valence-electron chi connectivity index (χ4n) is 2.38. The summed E-state index contributed by atoms with van der Waals surface area (Å²) in [5.74, 6) is -1.07. The van der Waals surface area contributed by atoms with Crippen molar-refractivity contribution >= 4 is 15.8 Å². The lowest BCUT2D eigenvalue weighted by Crippen LogP contribution is -2.31. The summed E-state index contributed by atoms with van der Waals surface area (Å²) in [6.45, 7) is 3.02. The molecule has 2 N–H and O–H groups in total. The van der Waals surface area contributed by atoms with Crippen LogP contribution in [0.5, 0.6) is 5.75 Å². The summed E-state index contributed by atoms with van der Waals surface area (Å²) in [7, 11) is -3.56. The molecule has 0 aliphatic carbocycles. The van der Waals surface area contributed by atoms with Crippen molar-refractivity contribution < 1.29 is 23.4 Å². The highest BCUT2D eigenvalue weighted by Crippen LogP contribution is 2.40. The molecule has 1 aliphatic rings. The van der Waals surface area contributed by atoms with E-state index in [1.807, 2.05) is 0 Å². The highest BCUT2D eigenvalue weighted by atomic mass is 32.2. The van der Waals surface area contributed by atoms with Crippen molar-refractivity contribution in [2.45, 2.75) is 36.8 Å². The van der Waals surface area contributed by atoms with Gasteiger partial charge in [0.1, 0.15) is 5.75 Å². The number of rotatable bonds is 3. The zero-order chi connectivity index (χ0) is 14.4. The van der Waals surface area contributed by atoms with Crippen LogP contribution in [0.25, 0.3) is 0 Å². The number of aromatic hydroxyl groups is 1. The van der Waals surface area contributed by atoms with Gasteiger partial charge in [0.05, 0.1) is 15.6 Å². The first-order valence-corrected chi connectivity index (χ1v) is 7.49. The Kier molecular flexibility index (Phi) is 3.09. The number of hydrogen-bond acceptors (Lipinski definition) is 4. The van der Waals surface area contributed by atoms with Crippen LogP contribution in [0.15, 0.2) is 23.1 Å². The number of hydrogen-bond donors (Lipinski definition) is 2. The first-order chi connectivity index (χ1) is 8.66. The summed E-state index contributed by atoms with van der Waals surface area (Å²) in [6, 6.07) is 4.38. The van der Waals surface area contributed by atoms with E-state index in [4.69, 9.17) is 5.11 Å². The van der Waals surface area contributed by atoms with E-state index in [1.54, 1.807) is 0 Å². The molecule has 0 amide bonds. The molecule has 5 nitrogen and oxygen atoms in total. The topological polar surface area (TPSA) is 91.7 Å². The number of sulfone groups is 1. The Hall–Kier alpha value is -1.56. The molecule has 1 unspecified atom stereocenters. The van der Waals surface area contributed by atoms with Gasteiger partial charge in [-0.15, -0.1) is 0 Å². The predicted octanol–water partition coefficient (Wildman–Crippen LogP) is 1.59. The molecule has 1 atom stereocenters. The van der Waals surface area contributed by atoms with Crippen molar-refractivity contribution in [1.29, 1.82) is 0 Å². The summed E-state index contributed by atoms with van der Waals surface area (Å²) >= 11 is 0. The SMILES string of the molecule is CC(C)(CC1Cc2c(O)cccc2S1(=O)=O)C(=O)O. The zero-order valence-corrected chi connectivity index (χ0v) is 11.6. The number of carboxylic acids is 1. The maximum absolute atomic E-state index is 12.3. The van der Waals surface area contributed by atoms with Crippen molar-refractivity contribution in [2.24, 2.45) is 5.41 Å². The van der Waals surface area contributed by atoms with E-state index in [-0.39, 0.29) is 23.5 Å². The molecule has 6 heteroatoms. The number of carbonyl (C=O) groups is 1. The molecule has 0 radical (unpaired) electrons. The Balaban J connectivity index is 2.40. The van der Waals surface area contributed by atoms with E-state index >= 15 is 0 Å². The van der Waals surface area contributed by atoms with Crippen LogP contribution in [0.1, 0.15) is 25.8 Å². The molecule has 1 aliphatic heterocycles. The summed E-state index contributed by atoms with van der Waals surface area (Å²) in [6.07, 6.45) is 0.194. The van der Waals surface area contributed by atoms with Crippen LogP contribution in [-0.4, -0.2) is 29.9 Å². The van der Waals surface area contributed by atoms with Gasteiger partial charge in [0.25, 0.3) is 0 Å². The number of benzene rings is 1. The normalized spacial score (nSPS) is 21.1. The summed E-state index contributed by atoms with van der Waals surface area (Å²) in [4.78, 5) is 11.2. The van der Waals surface area contributed by atoms with Crippen LogP contribution in [0.4, 0.5) is 0 Å². The summed E-state index contributed by atoms with van der Waals surface area (Å²) in [5.41, 5.74) is -0.719. The minimum atomic E-state index is -3.56. The fourth-order valence-corrected chi connectivity index (χ4v) is 4.56. The van der Waals surface area contributed by atoms with E-state index in [0.717, 1.165) is 0 Å². The molecule has 0 spiro atoms. The van der Waals surface area contributed by atoms with Gasteiger partial charge in [0.2, 0.25) is 0 Å². The molecule has 1 aromatic rings. The number of carboxylic acid groups (broad SMARTS) is 1. The quantitative estimate of drug-likeness (QED) is 0.879. The molecule has 104 valence electrons. The number of phenolic OH excluding ortho intramolecular Hbond substituents is 1.